The van der Waals surface area contributed by atoms with Gasteiger partial charge in [0.15, 0.2) is 0 Å². The van der Waals surface area contributed by atoms with Crippen LogP contribution in [-0.2, 0) is 0 Å². The first-order chi connectivity index (χ1) is 8.65. The molecule has 1 unspecified atom stereocenters. The van der Waals surface area contributed by atoms with Gasteiger partial charge in [-0.25, -0.2) is 0 Å². The Bertz CT molecular complexity index is 388. The second-order valence-corrected chi connectivity index (χ2v) is 4.75. The van der Waals surface area contributed by atoms with Gasteiger partial charge < -0.3 is 14.6 Å². The third-order valence-electron chi connectivity index (χ3n) is 2.69. The lowest BCUT2D eigenvalue weighted by Crippen LogP contribution is -2.07. The van der Waals surface area contributed by atoms with E-state index in [1.807, 2.05) is 0 Å². The Kier molecular flexibility index (Phi) is 6.35. The fraction of sp³-hybridized carbons (Fsp3) is 0.667. The second-order valence-electron chi connectivity index (χ2n) is 3.96. The number of methoxy groups -OCH3 is 2. The first-order valence-corrected chi connectivity index (χ1v) is 6.77. The van der Waals surface area contributed by atoms with E-state index >= 15 is 0 Å². The predicted molar refractivity (Wildman–Crippen MR) is 71.9 cm³/mol. The topological polar surface area (TPSA) is 64.5 Å². The Balaban J connectivity index is 2.96. The van der Waals surface area contributed by atoms with Crippen molar-refractivity contribution < 1.29 is 14.6 Å². The molecule has 1 aromatic heterocycles. The number of ether oxygens (including phenoxy) is 2. The molecule has 0 aliphatic rings. The highest BCUT2D eigenvalue weighted by atomic mass is 79.9. The monoisotopic (exact) mass is 318 g/mol. The van der Waals surface area contributed by atoms with E-state index in [9.17, 15) is 5.11 Å². The molecule has 6 heteroatoms. The molecule has 1 aromatic rings. The van der Waals surface area contributed by atoms with Crippen LogP contribution in [0.4, 0.5) is 0 Å². The van der Waals surface area contributed by atoms with E-state index in [-0.39, 0.29) is 0 Å². The van der Waals surface area contributed by atoms with Gasteiger partial charge >= 0.3 is 0 Å². The highest BCUT2D eigenvalue weighted by Crippen LogP contribution is 2.37. The molecule has 0 saturated carbocycles. The number of aliphatic hydroxyl groups excluding tert-OH is 1. The first kappa shape index (κ1) is 15.2. The number of rotatable bonds is 7. The molecule has 102 valence electrons. The van der Waals surface area contributed by atoms with Crippen molar-refractivity contribution in [3.8, 4) is 11.8 Å². The number of aliphatic hydroxyl groups is 1. The van der Waals surface area contributed by atoms with E-state index in [0.717, 1.165) is 19.3 Å². The molecule has 0 amide bonds. The normalized spacial score (nSPS) is 12.3. The smallest absolute Gasteiger partial charge is 0.248 e. The van der Waals surface area contributed by atoms with Gasteiger partial charge in [-0.05, 0) is 22.4 Å². The van der Waals surface area contributed by atoms with Crippen LogP contribution in [0.25, 0.3) is 0 Å². The third-order valence-corrected chi connectivity index (χ3v) is 3.45. The Morgan fingerprint density at radius 1 is 1.17 bits per heavy atom. The highest BCUT2D eigenvalue weighted by molar-refractivity contribution is 9.10. The van der Waals surface area contributed by atoms with Crippen LogP contribution < -0.4 is 9.47 Å². The number of halogens is 1. The minimum absolute atomic E-state index is 0.326. The van der Waals surface area contributed by atoms with Crippen LogP contribution in [0.15, 0.2) is 4.47 Å². The number of unbranched alkanes of at least 4 members (excludes halogenated alkanes) is 2. The fourth-order valence-corrected chi connectivity index (χ4v) is 2.37. The predicted octanol–water partition coefficient (Wildman–Crippen LogP) is 2.87. The maximum Gasteiger partial charge on any atom is 0.248 e. The summed E-state index contributed by atoms with van der Waals surface area (Å²) in [6, 6.07) is 0. The Labute approximate surface area is 116 Å². The summed E-state index contributed by atoms with van der Waals surface area (Å²) in [5.41, 5.74) is 0.598. The van der Waals surface area contributed by atoms with Crippen LogP contribution in [0.3, 0.4) is 0 Å². The quantitative estimate of drug-likeness (QED) is 0.783. The van der Waals surface area contributed by atoms with Crippen molar-refractivity contribution in [3.63, 3.8) is 0 Å². The van der Waals surface area contributed by atoms with Crippen molar-refractivity contribution in [2.45, 2.75) is 38.7 Å². The zero-order chi connectivity index (χ0) is 13.5. The van der Waals surface area contributed by atoms with Gasteiger partial charge in [-0.2, -0.15) is 0 Å². The van der Waals surface area contributed by atoms with E-state index in [2.05, 4.69) is 33.1 Å². The van der Waals surface area contributed by atoms with Crippen molar-refractivity contribution in [3.05, 3.63) is 10.0 Å². The molecule has 0 aromatic carbocycles. The Hall–Kier alpha value is -0.880. The van der Waals surface area contributed by atoms with Crippen LogP contribution >= 0.6 is 15.9 Å². The zero-order valence-corrected chi connectivity index (χ0v) is 12.5. The van der Waals surface area contributed by atoms with E-state index < -0.39 is 6.10 Å². The van der Waals surface area contributed by atoms with Gasteiger partial charge in [0.25, 0.3) is 0 Å². The first-order valence-electron chi connectivity index (χ1n) is 5.97. The minimum atomic E-state index is -0.634. The molecular formula is C12H19BrN2O3. The summed E-state index contributed by atoms with van der Waals surface area (Å²) < 4.78 is 10.8. The van der Waals surface area contributed by atoms with Crippen LogP contribution in [0.5, 0.6) is 11.8 Å². The summed E-state index contributed by atoms with van der Waals surface area (Å²) in [5, 5.41) is 18.0. The molecule has 0 aliphatic heterocycles. The molecule has 1 N–H and O–H groups in total. The van der Waals surface area contributed by atoms with Gasteiger partial charge in [0.05, 0.1) is 30.4 Å². The standard InChI is InChI=1S/C12H19BrN2O3/c1-4-5-6-7-8(16)9-10(13)12(18-3)15-14-11(9)17-2/h8,16H,4-7H2,1-3H3. The molecule has 18 heavy (non-hydrogen) atoms. The van der Waals surface area contributed by atoms with Crippen molar-refractivity contribution >= 4 is 15.9 Å². The zero-order valence-electron chi connectivity index (χ0n) is 10.9. The largest absolute Gasteiger partial charge is 0.480 e. The maximum atomic E-state index is 10.2. The molecule has 0 spiro atoms. The summed E-state index contributed by atoms with van der Waals surface area (Å²) in [4.78, 5) is 0. The summed E-state index contributed by atoms with van der Waals surface area (Å²) in [7, 11) is 3.01. The van der Waals surface area contributed by atoms with Gasteiger partial charge in [-0.3, -0.25) is 0 Å². The molecule has 1 atom stereocenters. The SMILES string of the molecule is CCCCCC(O)c1c(OC)nnc(OC)c1Br. The average molecular weight is 319 g/mol. The summed E-state index contributed by atoms with van der Waals surface area (Å²) >= 11 is 3.38. The number of hydrogen-bond acceptors (Lipinski definition) is 5. The van der Waals surface area contributed by atoms with Crippen LogP contribution in [0.2, 0.25) is 0 Å². The molecule has 0 bridgehead atoms. The number of nitrogens with zero attached hydrogens (tertiary/aromatic N) is 2. The fourth-order valence-electron chi connectivity index (χ4n) is 1.70. The third kappa shape index (κ3) is 3.55. The second kappa shape index (κ2) is 7.53. The van der Waals surface area contributed by atoms with Gasteiger partial charge in [-0.15, -0.1) is 10.2 Å². The molecule has 0 aliphatic carbocycles. The van der Waals surface area contributed by atoms with Gasteiger partial charge in [0.1, 0.15) is 0 Å². The van der Waals surface area contributed by atoms with Crippen molar-refractivity contribution in [1.29, 1.82) is 0 Å². The molecule has 0 radical (unpaired) electrons. The number of hydrogen-bond donors (Lipinski definition) is 1. The lowest BCUT2D eigenvalue weighted by molar-refractivity contribution is 0.156. The van der Waals surface area contributed by atoms with Gasteiger partial charge in [-0.1, -0.05) is 26.2 Å². The van der Waals surface area contributed by atoms with E-state index in [0.29, 0.717) is 28.2 Å². The van der Waals surface area contributed by atoms with Crippen molar-refractivity contribution in [2.24, 2.45) is 0 Å². The van der Waals surface area contributed by atoms with Crippen molar-refractivity contribution in [2.75, 3.05) is 14.2 Å². The van der Waals surface area contributed by atoms with Crippen LogP contribution in [0, 0.1) is 0 Å². The Morgan fingerprint density at radius 2 is 1.78 bits per heavy atom. The molecule has 1 heterocycles. The number of aromatic nitrogens is 2. The van der Waals surface area contributed by atoms with Crippen LogP contribution in [0.1, 0.15) is 44.3 Å². The van der Waals surface area contributed by atoms with E-state index in [1.54, 1.807) is 0 Å². The molecule has 0 saturated heterocycles. The summed E-state index contributed by atoms with van der Waals surface area (Å²) in [5.74, 6) is 0.673. The van der Waals surface area contributed by atoms with E-state index in [1.165, 1.54) is 14.2 Å². The lowest BCUT2D eigenvalue weighted by atomic mass is 10.0. The molecule has 1 rings (SSSR count). The minimum Gasteiger partial charge on any atom is -0.480 e. The van der Waals surface area contributed by atoms with Gasteiger partial charge in [0, 0.05) is 0 Å². The van der Waals surface area contributed by atoms with Crippen molar-refractivity contribution in [1.82, 2.24) is 10.2 Å². The molecular weight excluding hydrogens is 300 g/mol. The van der Waals surface area contributed by atoms with Gasteiger partial charge in [0.2, 0.25) is 11.8 Å². The highest BCUT2D eigenvalue weighted by Gasteiger charge is 2.22. The van der Waals surface area contributed by atoms with Crippen LogP contribution in [-0.4, -0.2) is 29.5 Å². The summed E-state index contributed by atoms with van der Waals surface area (Å²) in [6.07, 6.45) is 3.19. The van der Waals surface area contributed by atoms with E-state index in [4.69, 9.17) is 9.47 Å². The average Bonchev–Trinajstić information content (AvgIpc) is 2.38. The summed E-state index contributed by atoms with van der Waals surface area (Å²) in [6.45, 7) is 2.12. The maximum absolute atomic E-state index is 10.2. The Morgan fingerprint density at radius 3 is 2.33 bits per heavy atom. The lowest BCUT2D eigenvalue weighted by Gasteiger charge is -2.16. The molecule has 5 nitrogen and oxygen atoms in total. The molecule has 0 fully saturated rings.